The van der Waals surface area contributed by atoms with E-state index in [-0.39, 0.29) is 0 Å². The first-order chi connectivity index (χ1) is 10.1. The number of thiophene rings is 1. The van der Waals surface area contributed by atoms with Crippen LogP contribution in [0.25, 0.3) is 0 Å². The summed E-state index contributed by atoms with van der Waals surface area (Å²) in [5.41, 5.74) is 0. The summed E-state index contributed by atoms with van der Waals surface area (Å²) >= 11 is 1.93. The second kappa shape index (κ2) is 10.3. The van der Waals surface area contributed by atoms with Gasteiger partial charge >= 0.3 is 0 Å². The van der Waals surface area contributed by atoms with E-state index in [0.717, 1.165) is 32.8 Å². The van der Waals surface area contributed by atoms with E-state index in [4.69, 9.17) is 4.74 Å². The van der Waals surface area contributed by atoms with Gasteiger partial charge in [0, 0.05) is 42.5 Å². The van der Waals surface area contributed by atoms with Crippen LogP contribution in [0.5, 0.6) is 0 Å². The van der Waals surface area contributed by atoms with Crippen molar-refractivity contribution in [1.82, 2.24) is 10.2 Å². The summed E-state index contributed by atoms with van der Waals surface area (Å²) in [5, 5.41) is 3.51. The third-order valence-corrected chi connectivity index (χ3v) is 4.79. The van der Waals surface area contributed by atoms with Gasteiger partial charge in [-0.25, -0.2) is 0 Å². The topological polar surface area (TPSA) is 24.5 Å². The van der Waals surface area contributed by atoms with Crippen molar-refractivity contribution in [2.75, 3.05) is 26.8 Å². The lowest BCUT2D eigenvalue weighted by Gasteiger charge is -2.27. The summed E-state index contributed by atoms with van der Waals surface area (Å²) in [6.07, 6.45) is 1.18. The van der Waals surface area contributed by atoms with Crippen molar-refractivity contribution in [1.29, 1.82) is 0 Å². The maximum absolute atomic E-state index is 5.24. The van der Waals surface area contributed by atoms with Crippen molar-refractivity contribution >= 4 is 11.3 Å². The molecule has 1 unspecified atom stereocenters. The van der Waals surface area contributed by atoms with Gasteiger partial charge in [0.1, 0.15) is 0 Å². The zero-order valence-corrected chi connectivity index (χ0v) is 15.1. The van der Waals surface area contributed by atoms with E-state index in [1.165, 1.54) is 16.2 Å². The molecule has 0 fully saturated rings. The predicted octanol–water partition coefficient (Wildman–Crippen LogP) is 3.74. The molecule has 1 N–H and O–H groups in total. The van der Waals surface area contributed by atoms with Crippen LogP contribution in [-0.2, 0) is 17.8 Å². The van der Waals surface area contributed by atoms with Crippen molar-refractivity contribution in [2.24, 2.45) is 5.92 Å². The second-order valence-electron chi connectivity index (χ2n) is 6.11. The molecule has 0 saturated heterocycles. The fraction of sp³-hybridized carbons (Fsp3) is 0.765. The molecule has 0 aromatic carbocycles. The number of nitrogens with zero attached hydrogens (tertiary/aromatic N) is 1. The van der Waals surface area contributed by atoms with Crippen LogP contribution in [0, 0.1) is 5.92 Å². The predicted molar refractivity (Wildman–Crippen MR) is 92.9 cm³/mol. The van der Waals surface area contributed by atoms with E-state index < -0.39 is 0 Å². The minimum Gasteiger partial charge on any atom is -0.383 e. The largest absolute Gasteiger partial charge is 0.383 e. The molecule has 21 heavy (non-hydrogen) atoms. The van der Waals surface area contributed by atoms with Crippen LogP contribution in [0.4, 0.5) is 0 Å². The summed E-state index contributed by atoms with van der Waals surface area (Å²) in [7, 11) is 1.78. The van der Waals surface area contributed by atoms with Crippen LogP contribution < -0.4 is 5.32 Å². The van der Waals surface area contributed by atoms with E-state index in [1.807, 2.05) is 11.3 Å². The first kappa shape index (κ1) is 18.6. The van der Waals surface area contributed by atoms with Crippen molar-refractivity contribution in [3.63, 3.8) is 0 Å². The van der Waals surface area contributed by atoms with Crippen molar-refractivity contribution < 1.29 is 4.74 Å². The van der Waals surface area contributed by atoms with Crippen LogP contribution in [0.15, 0.2) is 12.1 Å². The Kier molecular flexibility index (Phi) is 9.16. The van der Waals surface area contributed by atoms with Gasteiger partial charge in [-0.1, -0.05) is 20.8 Å². The summed E-state index contributed by atoms with van der Waals surface area (Å²) in [6.45, 7) is 14.0. The lowest BCUT2D eigenvalue weighted by molar-refractivity contribution is 0.119. The summed E-state index contributed by atoms with van der Waals surface area (Å²) < 4.78 is 5.24. The lowest BCUT2D eigenvalue weighted by Crippen LogP contribution is -2.34. The maximum Gasteiger partial charge on any atom is 0.0589 e. The Bertz CT molecular complexity index is 379. The van der Waals surface area contributed by atoms with Crippen LogP contribution in [0.2, 0.25) is 0 Å². The summed E-state index contributed by atoms with van der Waals surface area (Å²) in [6, 6.07) is 5.14. The van der Waals surface area contributed by atoms with Crippen LogP contribution in [0.1, 0.15) is 43.9 Å². The quantitative estimate of drug-likeness (QED) is 0.673. The first-order valence-electron chi connectivity index (χ1n) is 8.08. The number of methoxy groups -OCH3 is 1. The zero-order chi connectivity index (χ0) is 15.7. The van der Waals surface area contributed by atoms with Gasteiger partial charge in [0.15, 0.2) is 0 Å². The smallest absolute Gasteiger partial charge is 0.0589 e. The molecule has 0 radical (unpaired) electrons. The normalized spacial score (nSPS) is 13.3. The van der Waals surface area contributed by atoms with E-state index in [0.29, 0.717) is 12.0 Å². The van der Waals surface area contributed by atoms with Crippen LogP contribution >= 0.6 is 11.3 Å². The Morgan fingerprint density at radius 1 is 1.24 bits per heavy atom. The van der Waals surface area contributed by atoms with E-state index in [2.05, 4.69) is 50.0 Å². The minimum atomic E-state index is 0.602. The van der Waals surface area contributed by atoms with Crippen LogP contribution in [-0.4, -0.2) is 37.7 Å². The molecule has 1 aromatic rings. The van der Waals surface area contributed by atoms with Crippen LogP contribution in [0.3, 0.4) is 0 Å². The third kappa shape index (κ3) is 7.41. The van der Waals surface area contributed by atoms with Gasteiger partial charge in [0.25, 0.3) is 0 Å². The SMILES string of the molecule is CCC(C)N(CCOC)Cc1ccc(CNCC(C)C)s1. The summed E-state index contributed by atoms with van der Waals surface area (Å²) in [4.78, 5) is 5.40. The molecule has 1 rings (SSSR count). The molecule has 0 spiro atoms. The highest BCUT2D eigenvalue weighted by atomic mass is 32.1. The molecule has 0 saturated carbocycles. The number of nitrogens with one attached hydrogen (secondary N) is 1. The molecule has 0 bridgehead atoms. The summed E-state index contributed by atoms with van der Waals surface area (Å²) in [5.74, 6) is 0.708. The van der Waals surface area contributed by atoms with Crippen molar-refractivity contribution in [2.45, 2.75) is 53.2 Å². The molecule has 4 heteroatoms. The molecule has 0 aliphatic heterocycles. The highest BCUT2D eigenvalue weighted by Gasteiger charge is 2.13. The fourth-order valence-corrected chi connectivity index (χ4v) is 3.22. The first-order valence-corrected chi connectivity index (χ1v) is 8.89. The highest BCUT2D eigenvalue weighted by molar-refractivity contribution is 7.11. The third-order valence-electron chi connectivity index (χ3n) is 3.72. The number of hydrogen-bond acceptors (Lipinski definition) is 4. The molecule has 0 amide bonds. The number of rotatable bonds is 11. The highest BCUT2D eigenvalue weighted by Crippen LogP contribution is 2.20. The molecular formula is C17H32N2OS. The van der Waals surface area contributed by atoms with Gasteiger partial charge < -0.3 is 10.1 Å². The average Bonchev–Trinajstić information content (AvgIpc) is 2.89. The fourth-order valence-electron chi connectivity index (χ4n) is 2.21. The molecule has 0 aliphatic rings. The number of ether oxygens (including phenoxy) is 1. The molecule has 1 heterocycles. The van der Waals surface area contributed by atoms with Gasteiger partial charge in [-0.15, -0.1) is 11.3 Å². The van der Waals surface area contributed by atoms with Crippen molar-refractivity contribution in [3.8, 4) is 0 Å². The van der Waals surface area contributed by atoms with E-state index >= 15 is 0 Å². The van der Waals surface area contributed by atoms with Gasteiger partial charge in [0.05, 0.1) is 6.61 Å². The molecule has 122 valence electrons. The van der Waals surface area contributed by atoms with Gasteiger partial charge in [-0.05, 0) is 37.9 Å². The molecular weight excluding hydrogens is 280 g/mol. The lowest BCUT2D eigenvalue weighted by atomic mass is 10.2. The van der Waals surface area contributed by atoms with E-state index in [1.54, 1.807) is 7.11 Å². The Labute approximate surface area is 134 Å². The Balaban J connectivity index is 2.49. The van der Waals surface area contributed by atoms with Crippen molar-refractivity contribution in [3.05, 3.63) is 21.9 Å². The Hall–Kier alpha value is -0.420. The van der Waals surface area contributed by atoms with Gasteiger partial charge in [-0.3, -0.25) is 4.90 Å². The monoisotopic (exact) mass is 312 g/mol. The van der Waals surface area contributed by atoms with Gasteiger partial charge in [-0.2, -0.15) is 0 Å². The Morgan fingerprint density at radius 3 is 2.57 bits per heavy atom. The second-order valence-corrected chi connectivity index (χ2v) is 7.37. The average molecular weight is 313 g/mol. The molecule has 3 nitrogen and oxygen atoms in total. The Morgan fingerprint density at radius 2 is 1.95 bits per heavy atom. The maximum atomic E-state index is 5.24. The number of hydrogen-bond donors (Lipinski definition) is 1. The molecule has 1 aromatic heterocycles. The standard InChI is InChI=1S/C17H32N2OS/c1-6-15(4)19(9-10-20-5)13-17-8-7-16(21-17)12-18-11-14(2)3/h7-8,14-15,18H,6,9-13H2,1-5H3. The van der Waals surface area contributed by atoms with Gasteiger partial charge in [0.2, 0.25) is 0 Å². The zero-order valence-electron chi connectivity index (χ0n) is 14.3. The molecule has 0 aliphatic carbocycles. The molecule has 1 atom stereocenters. The van der Waals surface area contributed by atoms with E-state index in [9.17, 15) is 0 Å². The minimum absolute atomic E-state index is 0.602.